The topological polar surface area (TPSA) is 135 Å². The van der Waals surface area contributed by atoms with Gasteiger partial charge in [0.1, 0.15) is 42.2 Å². The number of hydrogen-bond acceptors (Lipinski definition) is 10. The summed E-state index contributed by atoms with van der Waals surface area (Å²) in [6.07, 6.45) is 0.0474. The molecule has 0 aromatic heterocycles. The highest BCUT2D eigenvalue weighted by atomic mass is 16.6. The number of carbonyl (C=O) groups is 5. The van der Waals surface area contributed by atoms with E-state index in [1.165, 1.54) is 20.8 Å². The fourth-order valence-corrected chi connectivity index (χ4v) is 8.50. The van der Waals surface area contributed by atoms with Gasteiger partial charge in [-0.05, 0) is 37.0 Å². The van der Waals surface area contributed by atoms with Gasteiger partial charge < -0.3 is 28.5 Å². The zero-order valence-electron chi connectivity index (χ0n) is 21.4. The fourth-order valence-electron chi connectivity index (χ4n) is 8.50. The van der Waals surface area contributed by atoms with Gasteiger partial charge in [0.2, 0.25) is 0 Å². The van der Waals surface area contributed by atoms with Crippen molar-refractivity contribution in [2.24, 2.45) is 34.0 Å². The van der Waals surface area contributed by atoms with Gasteiger partial charge in [-0.1, -0.05) is 13.8 Å². The van der Waals surface area contributed by atoms with Gasteiger partial charge >= 0.3 is 23.9 Å². The summed E-state index contributed by atoms with van der Waals surface area (Å²) >= 11 is 0. The third-order valence-electron chi connectivity index (χ3n) is 9.64. The monoisotopic (exact) mass is 506 g/mol. The molecule has 2 aliphatic heterocycles. The zero-order chi connectivity index (χ0) is 26.3. The Bertz CT molecular complexity index is 1010. The van der Waals surface area contributed by atoms with Crippen LogP contribution >= 0.6 is 0 Å². The van der Waals surface area contributed by atoms with E-state index in [2.05, 4.69) is 0 Å². The smallest absolute Gasteiger partial charge is 0.316 e. The maximum absolute atomic E-state index is 13.9. The standard InChI is InChI=1S/C26H34O10/c1-13(28)34-17-8-16-9-24(21(36-15(3)30)26(16)12-33-26)20(17)25(11-32-22(24)31)18(10-27)23(4,5)7-6-19(25)35-14(2)29/h10,16-21H,6-9,11-12H2,1-5H3/t16-,17+,18-,19+,20-,21+,24+,25+,26-/m1/s1. The lowest BCUT2D eigenvalue weighted by atomic mass is 9.43. The van der Waals surface area contributed by atoms with E-state index in [1.807, 2.05) is 13.8 Å². The molecule has 10 nitrogen and oxygen atoms in total. The lowest BCUT2D eigenvalue weighted by Crippen LogP contribution is -2.72. The van der Waals surface area contributed by atoms with E-state index in [9.17, 15) is 24.0 Å². The third-order valence-corrected chi connectivity index (χ3v) is 9.64. The molecule has 5 fully saturated rings. The Balaban J connectivity index is 1.77. The summed E-state index contributed by atoms with van der Waals surface area (Å²) in [6.45, 7) is 7.94. The van der Waals surface area contributed by atoms with Crippen LogP contribution < -0.4 is 0 Å². The molecule has 0 N–H and O–H groups in total. The first-order valence-electron chi connectivity index (χ1n) is 12.6. The molecule has 0 aromatic carbocycles. The third kappa shape index (κ3) is 3.22. The number of esters is 4. The van der Waals surface area contributed by atoms with Crippen molar-refractivity contribution in [2.45, 2.75) is 84.2 Å². The quantitative estimate of drug-likeness (QED) is 0.240. The zero-order valence-corrected chi connectivity index (χ0v) is 21.4. The van der Waals surface area contributed by atoms with Crippen molar-refractivity contribution >= 4 is 30.2 Å². The van der Waals surface area contributed by atoms with E-state index in [0.29, 0.717) is 32.3 Å². The summed E-state index contributed by atoms with van der Waals surface area (Å²) in [5.41, 5.74) is -4.01. The van der Waals surface area contributed by atoms with E-state index in [0.717, 1.165) is 6.29 Å². The first kappa shape index (κ1) is 25.2. The number of rotatable bonds is 4. The second kappa shape index (κ2) is 8.00. The Hall–Kier alpha value is -2.49. The van der Waals surface area contributed by atoms with Gasteiger partial charge in [-0.3, -0.25) is 19.2 Å². The highest BCUT2D eigenvalue weighted by Gasteiger charge is 2.84. The van der Waals surface area contributed by atoms with E-state index in [-0.39, 0.29) is 12.5 Å². The number of cyclic esters (lactones) is 1. The van der Waals surface area contributed by atoms with Crippen LogP contribution in [0.15, 0.2) is 0 Å². The second-order valence-corrected chi connectivity index (χ2v) is 12.0. The van der Waals surface area contributed by atoms with E-state index in [4.69, 9.17) is 23.7 Å². The van der Waals surface area contributed by atoms with Crippen LogP contribution in [0.1, 0.15) is 60.3 Å². The van der Waals surface area contributed by atoms with Gasteiger partial charge in [-0.15, -0.1) is 0 Å². The molecule has 5 aliphatic rings. The molecule has 0 unspecified atom stereocenters. The van der Waals surface area contributed by atoms with Gasteiger partial charge in [-0.25, -0.2) is 0 Å². The Morgan fingerprint density at radius 3 is 2.19 bits per heavy atom. The highest BCUT2D eigenvalue weighted by Crippen LogP contribution is 2.73. The maximum Gasteiger partial charge on any atom is 0.316 e. The molecule has 3 saturated carbocycles. The molecular formula is C26H34O10. The minimum Gasteiger partial charge on any atom is -0.464 e. The molecule has 3 aliphatic carbocycles. The van der Waals surface area contributed by atoms with Crippen molar-refractivity contribution in [1.82, 2.24) is 0 Å². The molecule has 0 aromatic rings. The lowest BCUT2D eigenvalue weighted by Gasteiger charge is -2.63. The van der Waals surface area contributed by atoms with Crippen LogP contribution in [0, 0.1) is 34.0 Å². The van der Waals surface area contributed by atoms with E-state index >= 15 is 0 Å². The van der Waals surface area contributed by atoms with Crippen LogP contribution in [-0.2, 0) is 47.7 Å². The van der Waals surface area contributed by atoms with Crippen LogP contribution in [0.4, 0.5) is 0 Å². The average molecular weight is 507 g/mol. The summed E-state index contributed by atoms with van der Waals surface area (Å²) < 4.78 is 29.4. The molecule has 5 rings (SSSR count). The number of fused-ring (bicyclic) bond motifs is 3. The molecule has 0 radical (unpaired) electrons. The molecule has 0 amide bonds. The predicted molar refractivity (Wildman–Crippen MR) is 120 cm³/mol. The molecule has 2 heterocycles. The lowest BCUT2D eigenvalue weighted by molar-refractivity contribution is -0.269. The van der Waals surface area contributed by atoms with Gasteiger partial charge in [0.25, 0.3) is 0 Å². The minimum atomic E-state index is -1.42. The molecule has 10 heteroatoms. The SMILES string of the molecule is CC(=O)O[C@H]1C[C@@H]2C[C@@]3(C(=O)OC[C@]4([C@@H](OC(C)=O)CCC(C)(C)[C@H]4C=O)[C@H]13)[C@H](OC(C)=O)[C@@]21CO1. The molecule has 2 saturated heterocycles. The predicted octanol–water partition coefficient (Wildman–Crippen LogP) is 1.76. The summed E-state index contributed by atoms with van der Waals surface area (Å²) in [5.74, 6) is -3.88. The molecule has 9 atom stereocenters. The first-order valence-corrected chi connectivity index (χ1v) is 12.6. The van der Waals surface area contributed by atoms with Crippen LogP contribution in [0.3, 0.4) is 0 Å². The van der Waals surface area contributed by atoms with Gasteiger partial charge in [-0.2, -0.15) is 0 Å². The summed E-state index contributed by atoms with van der Waals surface area (Å²) in [5, 5.41) is 0. The van der Waals surface area contributed by atoms with Crippen LogP contribution in [0.25, 0.3) is 0 Å². The maximum atomic E-state index is 13.9. The minimum absolute atomic E-state index is 0.174. The fraction of sp³-hybridized carbons (Fsp3) is 0.808. The first-order chi connectivity index (χ1) is 16.8. The number of carbonyl (C=O) groups excluding carboxylic acids is 5. The number of epoxide rings is 1. The van der Waals surface area contributed by atoms with Gasteiger partial charge in [0.05, 0.1) is 12.0 Å². The van der Waals surface area contributed by atoms with Crippen LogP contribution in [-0.4, -0.2) is 67.3 Å². The molecule has 3 spiro atoms. The summed E-state index contributed by atoms with van der Waals surface area (Å²) in [7, 11) is 0. The van der Waals surface area contributed by atoms with Gasteiger partial charge in [0.15, 0.2) is 0 Å². The Labute approximate surface area is 209 Å². The highest BCUT2D eigenvalue weighted by molar-refractivity contribution is 5.83. The molecule has 2 bridgehead atoms. The number of ether oxygens (including phenoxy) is 5. The van der Waals surface area contributed by atoms with Gasteiger partial charge in [0, 0.05) is 32.6 Å². The van der Waals surface area contributed by atoms with Crippen LogP contribution in [0.5, 0.6) is 0 Å². The molecule has 36 heavy (non-hydrogen) atoms. The molecule has 198 valence electrons. The number of hydrogen-bond donors (Lipinski definition) is 0. The van der Waals surface area contributed by atoms with Crippen molar-refractivity contribution in [2.75, 3.05) is 13.2 Å². The largest absolute Gasteiger partial charge is 0.464 e. The van der Waals surface area contributed by atoms with Crippen LogP contribution in [0.2, 0.25) is 0 Å². The Kier molecular flexibility index (Phi) is 5.60. The van der Waals surface area contributed by atoms with Crippen molar-refractivity contribution in [3.05, 3.63) is 0 Å². The number of aldehydes is 1. The van der Waals surface area contributed by atoms with Crippen molar-refractivity contribution < 1.29 is 47.7 Å². The van der Waals surface area contributed by atoms with Crippen molar-refractivity contribution in [3.8, 4) is 0 Å². The summed E-state index contributed by atoms with van der Waals surface area (Å²) in [6, 6.07) is 0. The van der Waals surface area contributed by atoms with Crippen molar-refractivity contribution in [1.29, 1.82) is 0 Å². The van der Waals surface area contributed by atoms with E-state index < -0.39 is 75.9 Å². The normalized spacial score (nSPS) is 45.9. The van der Waals surface area contributed by atoms with Crippen molar-refractivity contribution in [3.63, 3.8) is 0 Å². The molecular weight excluding hydrogens is 472 g/mol. The Morgan fingerprint density at radius 2 is 1.64 bits per heavy atom. The average Bonchev–Trinajstić information content (AvgIpc) is 3.54. The second-order valence-electron chi connectivity index (χ2n) is 12.0. The Morgan fingerprint density at radius 1 is 1.00 bits per heavy atom. The summed E-state index contributed by atoms with van der Waals surface area (Å²) in [4.78, 5) is 63.6. The van der Waals surface area contributed by atoms with E-state index in [1.54, 1.807) is 0 Å².